The first-order chi connectivity index (χ1) is 13.0. The van der Waals surface area contributed by atoms with Crippen LogP contribution in [0.5, 0.6) is 0 Å². The molecule has 0 aliphatic heterocycles. The second-order valence-corrected chi connectivity index (χ2v) is 7.77. The fourth-order valence-electron chi connectivity index (χ4n) is 2.46. The maximum absolute atomic E-state index is 12.6. The zero-order valence-corrected chi connectivity index (χ0v) is 16.9. The Labute approximate surface area is 171 Å². The molecular weight excluding hydrogens is 405 g/mol. The van der Waals surface area contributed by atoms with Crippen LogP contribution in [0.25, 0.3) is 10.1 Å². The van der Waals surface area contributed by atoms with Crippen molar-refractivity contribution in [2.75, 3.05) is 11.9 Å². The minimum absolute atomic E-state index is 0.310. The van der Waals surface area contributed by atoms with Crippen molar-refractivity contribution in [2.24, 2.45) is 0 Å². The summed E-state index contributed by atoms with van der Waals surface area (Å²) in [5, 5.41) is 4.58. The third kappa shape index (κ3) is 4.61. The molecular formula is C20H17Cl2NO3S. The molecule has 140 valence electrons. The van der Waals surface area contributed by atoms with Crippen molar-refractivity contribution in [3.8, 4) is 0 Å². The summed E-state index contributed by atoms with van der Waals surface area (Å²) in [5.74, 6) is -0.679. The van der Waals surface area contributed by atoms with Crippen molar-refractivity contribution in [1.29, 1.82) is 0 Å². The van der Waals surface area contributed by atoms with Gasteiger partial charge in [-0.1, -0.05) is 42.6 Å². The first kappa shape index (κ1) is 19.7. The molecule has 7 heteroatoms. The highest BCUT2D eigenvalue weighted by Crippen LogP contribution is 2.37. The fourth-order valence-corrected chi connectivity index (χ4v) is 4.14. The van der Waals surface area contributed by atoms with E-state index in [1.54, 1.807) is 42.5 Å². The molecule has 3 aromatic rings. The highest BCUT2D eigenvalue weighted by atomic mass is 35.5. The molecule has 0 saturated carbocycles. The molecule has 0 aliphatic rings. The number of unbranched alkanes of at least 4 members (excludes halogenated alkanes) is 1. The normalized spacial score (nSPS) is 10.8. The number of hydrogen-bond acceptors (Lipinski definition) is 4. The van der Waals surface area contributed by atoms with Crippen LogP contribution in [0.3, 0.4) is 0 Å². The van der Waals surface area contributed by atoms with E-state index in [0.29, 0.717) is 32.8 Å². The fraction of sp³-hybridized carbons (Fsp3) is 0.200. The monoisotopic (exact) mass is 421 g/mol. The van der Waals surface area contributed by atoms with E-state index in [4.69, 9.17) is 27.9 Å². The number of carbonyl (C=O) groups excluding carboxylic acids is 2. The Morgan fingerprint density at radius 1 is 1.11 bits per heavy atom. The van der Waals surface area contributed by atoms with E-state index in [1.807, 2.05) is 6.92 Å². The van der Waals surface area contributed by atoms with Crippen LogP contribution in [0.1, 0.15) is 39.8 Å². The average molecular weight is 422 g/mol. The third-order valence-corrected chi connectivity index (χ3v) is 5.80. The van der Waals surface area contributed by atoms with Crippen molar-refractivity contribution < 1.29 is 14.3 Å². The van der Waals surface area contributed by atoms with Crippen molar-refractivity contribution in [3.05, 3.63) is 63.0 Å². The number of hydrogen-bond donors (Lipinski definition) is 1. The first-order valence-electron chi connectivity index (χ1n) is 8.45. The summed E-state index contributed by atoms with van der Waals surface area (Å²) >= 11 is 13.6. The van der Waals surface area contributed by atoms with E-state index in [2.05, 4.69) is 5.32 Å². The van der Waals surface area contributed by atoms with Crippen molar-refractivity contribution in [3.63, 3.8) is 0 Å². The number of nitrogens with one attached hydrogen (secondary N) is 1. The summed E-state index contributed by atoms with van der Waals surface area (Å²) in [6, 6.07) is 11.9. The number of benzene rings is 2. The van der Waals surface area contributed by atoms with Gasteiger partial charge in [0.05, 0.1) is 17.2 Å². The molecule has 1 amide bonds. The number of fused-ring (bicyclic) bond motifs is 1. The van der Waals surface area contributed by atoms with Gasteiger partial charge in [0.2, 0.25) is 0 Å². The molecule has 0 spiro atoms. The number of amides is 1. The lowest BCUT2D eigenvalue weighted by Crippen LogP contribution is -2.11. The lowest BCUT2D eigenvalue weighted by Gasteiger charge is -2.06. The van der Waals surface area contributed by atoms with Crippen LogP contribution >= 0.6 is 34.5 Å². The topological polar surface area (TPSA) is 55.4 Å². The third-order valence-electron chi connectivity index (χ3n) is 3.91. The Balaban J connectivity index is 1.71. The van der Waals surface area contributed by atoms with Gasteiger partial charge in [-0.05, 0) is 42.8 Å². The Morgan fingerprint density at radius 2 is 1.85 bits per heavy atom. The molecule has 4 nitrogen and oxygen atoms in total. The average Bonchev–Trinajstić information content (AvgIpc) is 2.98. The molecule has 0 saturated heterocycles. The molecule has 0 fully saturated rings. The minimum Gasteiger partial charge on any atom is -0.462 e. The van der Waals surface area contributed by atoms with Crippen LogP contribution in [0.4, 0.5) is 5.69 Å². The van der Waals surface area contributed by atoms with Gasteiger partial charge in [0, 0.05) is 20.8 Å². The molecule has 2 aromatic carbocycles. The van der Waals surface area contributed by atoms with Crippen LogP contribution in [0, 0.1) is 0 Å². The van der Waals surface area contributed by atoms with Gasteiger partial charge in [-0.3, -0.25) is 4.79 Å². The van der Waals surface area contributed by atoms with E-state index < -0.39 is 0 Å². The molecule has 1 N–H and O–H groups in total. The molecule has 1 aromatic heterocycles. The number of ether oxygens (including phenoxy) is 1. The van der Waals surface area contributed by atoms with Crippen LogP contribution in [-0.2, 0) is 4.74 Å². The molecule has 0 bridgehead atoms. The lowest BCUT2D eigenvalue weighted by atomic mass is 10.2. The quantitative estimate of drug-likeness (QED) is 0.369. The molecule has 0 atom stereocenters. The van der Waals surface area contributed by atoms with Gasteiger partial charge in [0.1, 0.15) is 4.88 Å². The van der Waals surface area contributed by atoms with Gasteiger partial charge in [0.15, 0.2) is 0 Å². The summed E-state index contributed by atoms with van der Waals surface area (Å²) < 4.78 is 6.01. The molecule has 1 heterocycles. The Bertz CT molecular complexity index is 983. The molecule has 3 rings (SSSR count). The summed E-state index contributed by atoms with van der Waals surface area (Å²) in [7, 11) is 0. The number of rotatable bonds is 6. The van der Waals surface area contributed by atoms with E-state index >= 15 is 0 Å². The predicted molar refractivity (Wildman–Crippen MR) is 111 cm³/mol. The maximum Gasteiger partial charge on any atom is 0.338 e. The van der Waals surface area contributed by atoms with Crippen LogP contribution in [0.15, 0.2) is 42.5 Å². The molecule has 0 unspecified atom stereocenters. The zero-order valence-electron chi connectivity index (χ0n) is 14.6. The van der Waals surface area contributed by atoms with Crippen molar-refractivity contribution in [2.45, 2.75) is 19.8 Å². The van der Waals surface area contributed by atoms with Gasteiger partial charge >= 0.3 is 5.97 Å². The van der Waals surface area contributed by atoms with Crippen LogP contribution in [-0.4, -0.2) is 18.5 Å². The Hall–Kier alpha value is -2.08. The molecule has 27 heavy (non-hydrogen) atoms. The van der Waals surface area contributed by atoms with E-state index in [0.717, 1.165) is 22.9 Å². The smallest absolute Gasteiger partial charge is 0.338 e. The number of carbonyl (C=O) groups is 2. The number of anilines is 1. The van der Waals surface area contributed by atoms with Gasteiger partial charge in [-0.25, -0.2) is 4.79 Å². The summed E-state index contributed by atoms with van der Waals surface area (Å²) in [6.07, 6.45) is 1.80. The second-order valence-electron chi connectivity index (χ2n) is 5.91. The summed E-state index contributed by atoms with van der Waals surface area (Å²) in [6.45, 7) is 2.44. The zero-order chi connectivity index (χ0) is 19.4. The number of halogens is 2. The summed E-state index contributed by atoms with van der Waals surface area (Å²) in [5.41, 5.74) is 1.01. The lowest BCUT2D eigenvalue weighted by molar-refractivity contribution is 0.0499. The number of thiophene rings is 1. The van der Waals surface area contributed by atoms with Gasteiger partial charge in [-0.15, -0.1) is 11.3 Å². The highest BCUT2D eigenvalue weighted by Gasteiger charge is 2.17. The SMILES string of the molecule is CCCCOC(=O)c1ccc(NC(=O)c2sc3cc(Cl)ccc3c2Cl)cc1. The Morgan fingerprint density at radius 3 is 2.56 bits per heavy atom. The highest BCUT2D eigenvalue weighted by molar-refractivity contribution is 7.21. The molecule has 0 aliphatic carbocycles. The molecule has 0 radical (unpaired) electrons. The first-order valence-corrected chi connectivity index (χ1v) is 10.0. The minimum atomic E-state index is -0.370. The van der Waals surface area contributed by atoms with E-state index in [9.17, 15) is 9.59 Å². The van der Waals surface area contributed by atoms with Crippen molar-refractivity contribution in [1.82, 2.24) is 0 Å². The predicted octanol–water partition coefficient (Wildman–Crippen LogP) is 6.42. The largest absolute Gasteiger partial charge is 0.462 e. The van der Waals surface area contributed by atoms with Gasteiger partial charge < -0.3 is 10.1 Å². The van der Waals surface area contributed by atoms with E-state index in [-0.39, 0.29) is 11.9 Å². The van der Waals surface area contributed by atoms with Crippen molar-refractivity contribution >= 4 is 62.2 Å². The van der Waals surface area contributed by atoms with Gasteiger partial charge in [0.25, 0.3) is 5.91 Å². The number of esters is 1. The summed E-state index contributed by atoms with van der Waals surface area (Å²) in [4.78, 5) is 24.9. The van der Waals surface area contributed by atoms with Gasteiger partial charge in [-0.2, -0.15) is 0 Å². The van der Waals surface area contributed by atoms with Crippen LogP contribution < -0.4 is 5.32 Å². The second kappa shape index (κ2) is 8.74. The van der Waals surface area contributed by atoms with E-state index in [1.165, 1.54) is 11.3 Å². The maximum atomic E-state index is 12.6. The standard InChI is InChI=1S/C20H17Cl2NO3S/c1-2-3-10-26-20(25)12-4-7-14(8-5-12)23-19(24)18-17(22)15-9-6-13(21)11-16(15)27-18/h4-9,11H,2-3,10H2,1H3,(H,23,24). The van der Waals surface area contributed by atoms with Crippen LogP contribution in [0.2, 0.25) is 10.0 Å². The Kier molecular flexibility index (Phi) is 6.37.